The largest absolute Gasteiger partial charge is 0.352 e. The van der Waals surface area contributed by atoms with Crippen LogP contribution < -0.4 is 11.5 Å². The first-order valence-corrected chi connectivity index (χ1v) is 1.07. The van der Waals surface area contributed by atoms with E-state index >= 15 is 0 Å². The Hall–Kier alpha value is -0.541. The summed E-state index contributed by atoms with van der Waals surface area (Å²) in [6.45, 7) is 2.00. The third-order valence-corrected chi connectivity index (χ3v) is 0. The van der Waals surface area contributed by atoms with E-state index in [1.165, 1.54) is 0 Å². The third-order valence-electron chi connectivity index (χ3n) is 0. The zero-order valence-electron chi connectivity index (χ0n) is 3.53. The van der Waals surface area contributed by atoms with Crippen LogP contribution >= 0.6 is 0 Å². The van der Waals surface area contributed by atoms with E-state index in [9.17, 15) is 0 Å². The van der Waals surface area contributed by atoms with Crippen LogP contribution in [0.3, 0.4) is 0 Å². The predicted octanol–water partition coefficient (Wildman–Crippen LogP) is -1.16. The van der Waals surface area contributed by atoms with Gasteiger partial charge in [-0.25, -0.2) is 4.79 Å². The van der Waals surface area contributed by atoms with E-state index in [4.69, 9.17) is 9.59 Å². The molecule has 0 aliphatic heterocycles. The van der Waals surface area contributed by atoms with Crippen LogP contribution in [0.15, 0.2) is 0 Å². The summed E-state index contributed by atoms with van der Waals surface area (Å²) >= 11 is 0. The summed E-state index contributed by atoms with van der Waals surface area (Å²) in [5.74, 6) is 0. The standard InChI is InChI=1S/CH4N2O.CH2O.Fe/c2-1(3)4;1-2;/h(H4,2,3,4);1H2;. The molecule has 44 valence electrons. The quantitative estimate of drug-likeness (QED) is 0.422. The molecule has 0 aliphatic rings. The molecule has 2 amide bonds. The molecule has 7 heavy (non-hydrogen) atoms. The van der Waals surface area contributed by atoms with Gasteiger partial charge in [-0.1, -0.05) is 0 Å². The topological polar surface area (TPSA) is 86.2 Å². The molecule has 0 bridgehead atoms. The fraction of sp³-hybridized carbons (Fsp3) is 0. The number of amides is 2. The van der Waals surface area contributed by atoms with Crippen molar-refractivity contribution in [1.82, 2.24) is 0 Å². The Morgan fingerprint density at radius 1 is 1.29 bits per heavy atom. The number of primary amides is 2. The number of carbonyl (C=O) groups is 2. The zero-order valence-corrected chi connectivity index (χ0v) is 4.64. The number of nitrogens with two attached hydrogens (primary N) is 2. The van der Waals surface area contributed by atoms with E-state index in [-0.39, 0.29) is 17.1 Å². The normalized spacial score (nSPS) is 4.00. The molecule has 0 saturated heterocycles. The predicted molar refractivity (Wildman–Crippen MR) is 20.9 cm³/mol. The molecule has 4 N–H and O–H groups in total. The molecule has 0 rings (SSSR count). The average Bonchev–Trinajstić information content (AvgIpc) is 1.41. The van der Waals surface area contributed by atoms with Gasteiger partial charge in [-0.15, -0.1) is 0 Å². The monoisotopic (exact) mass is 146 g/mol. The fourth-order valence-corrected chi connectivity index (χ4v) is 0. The summed E-state index contributed by atoms with van der Waals surface area (Å²) in [6.07, 6.45) is 0. The van der Waals surface area contributed by atoms with Gasteiger partial charge < -0.3 is 16.3 Å². The van der Waals surface area contributed by atoms with Crippen molar-refractivity contribution in [1.29, 1.82) is 0 Å². The second-order valence-electron chi connectivity index (χ2n) is 0.402. The van der Waals surface area contributed by atoms with Crippen molar-refractivity contribution in [3.05, 3.63) is 0 Å². The molecular formula is C2H6FeN2O2. The first kappa shape index (κ1) is 16.1. The molecule has 0 aromatic rings. The van der Waals surface area contributed by atoms with E-state index in [1.54, 1.807) is 0 Å². The van der Waals surface area contributed by atoms with Crippen molar-refractivity contribution in [2.45, 2.75) is 0 Å². The van der Waals surface area contributed by atoms with E-state index in [0.717, 1.165) is 0 Å². The maximum Gasteiger partial charge on any atom is 0.309 e. The van der Waals surface area contributed by atoms with Crippen LogP contribution in [0.1, 0.15) is 0 Å². The molecule has 0 atom stereocenters. The Balaban J connectivity index is -0.0000000480. The van der Waals surface area contributed by atoms with Crippen LogP contribution in [0.25, 0.3) is 0 Å². The first-order chi connectivity index (χ1) is 2.73. The zero-order chi connectivity index (χ0) is 5.58. The minimum atomic E-state index is -0.833. The van der Waals surface area contributed by atoms with Gasteiger partial charge in [0, 0.05) is 17.1 Å². The van der Waals surface area contributed by atoms with Crippen molar-refractivity contribution in [2.24, 2.45) is 11.5 Å². The molecular weight excluding hydrogens is 140 g/mol. The second kappa shape index (κ2) is 17.9. The van der Waals surface area contributed by atoms with Crippen molar-refractivity contribution < 1.29 is 26.7 Å². The van der Waals surface area contributed by atoms with Gasteiger partial charge >= 0.3 is 6.03 Å². The van der Waals surface area contributed by atoms with Gasteiger partial charge in [0.15, 0.2) is 0 Å². The van der Waals surface area contributed by atoms with Gasteiger partial charge in [0.2, 0.25) is 0 Å². The van der Waals surface area contributed by atoms with E-state index in [2.05, 4.69) is 11.5 Å². The average molecular weight is 146 g/mol. The Morgan fingerprint density at radius 2 is 1.29 bits per heavy atom. The van der Waals surface area contributed by atoms with Crippen molar-refractivity contribution >= 4 is 12.8 Å². The van der Waals surface area contributed by atoms with Crippen LogP contribution in [-0.2, 0) is 21.9 Å². The third kappa shape index (κ3) is 224. The molecule has 0 heterocycles. The van der Waals surface area contributed by atoms with E-state index in [0.29, 0.717) is 0 Å². The number of hydrogen-bond donors (Lipinski definition) is 2. The SMILES string of the molecule is C=O.NC(N)=O.[Fe]. The van der Waals surface area contributed by atoms with Crippen LogP contribution in [-0.4, -0.2) is 12.8 Å². The number of urea groups is 1. The number of carbonyl (C=O) groups excluding carboxylic acids is 2. The molecule has 0 radical (unpaired) electrons. The Morgan fingerprint density at radius 3 is 1.29 bits per heavy atom. The number of hydrogen-bond acceptors (Lipinski definition) is 2. The molecule has 0 aliphatic carbocycles. The smallest absolute Gasteiger partial charge is 0.309 e. The van der Waals surface area contributed by atoms with Gasteiger partial charge in [-0.2, -0.15) is 0 Å². The summed E-state index contributed by atoms with van der Waals surface area (Å²) in [6, 6.07) is -0.833. The number of rotatable bonds is 0. The van der Waals surface area contributed by atoms with Gasteiger partial charge in [0.05, 0.1) is 0 Å². The Labute approximate surface area is 51.7 Å². The minimum Gasteiger partial charge on any atom is -0.352 e. The Kier molecular flexibility index (Phi) is 41.2. The second-order valence-corrected chi connectivity index (χ2v) is 0.402. The van der Waals surface area contributed by atoms with E-state index < -0.39 is 6.03 Å². The van der Waals surface area contributed by atoms with Gasteiger partial charge in [-0.05, 0) is 0 Å². The summed E-state index contributed by atoms with van der Waals surface area (Å²) in [4.78, 5) is 17.0. The van der Waals surface area contributed by atoms with E-state index in [1.807, 2.05) is 6.79 Å². The molecule has 0 aromatic carbocycles. The first-order valence-electron chi connectivity index (χ1n) is 1.07. The van der Waals surface area contributed by atoms with Crippen LogP contribution in [0.4, 0.5) is 4.79 Å². The van der Waals surface area contributed by atoms with Crippen molar-refractivity contribution in [2.75, 3.05) is 0 Å². The molecule has 0 unspecified atom stereocenters. The van der Waals surface area contributed by atoms with Crippen LogP contribution in [0.5, 0.6) is 0 Å². The molecule has 0 spiro atoms. The Bertz CT molecular complexity index is 45.0. The minimum absolute atomic E-state index is 0. The van der Waals surface area contributed by atoms with Gasteiger partial charge in [0.1, 0.15) is 6.79 Å². The molecule has 0 saturated carbocycles. The molecule has 0 aromatic heterocycles. The summed E-state index contributed by atoms with van der Waals surface area (Å²) in [5, 5.41) is 0. The maximum atomic E-state index is 9.00. The molecule has 5 heteroatoms. The molecule has 4 nitrogen and oxygen atoms in total. The van der Waals surface area contributed by atoms with Crippen LogP contribution in [0.2, 0.25) is 0 Å². The molecule has 0 fully saturated rings. The fourth-order valence-electron chi connectivity index (χ4n) is 0. The van der Waals surface area contributed by atoms with Crippen LogP contribution in [0, 0.1) is 0 Å². The summed E-state index contributed by atoms with van der Waals surface area (Å²) < 4.78 is 0. The van der Waals surface area contributed by atoms with Crippen molar-refractivity contribution in [3.8, 4) is 0 Å². The van der Waals surface area contributed by atoms with Gasteiger partial charge in [-0.3, -0.25) is 0 Å². The summed E-state index contributed by atoms with van der Waals surface area (Å²) in [7, 11) is 0. The van der Waals surface area contributed by atoms with Crippen molar-refractivity contribution in [3.63, 3.8) is 0 Å². The summed E-state index contributed by atoms with van der Waals surface area (Å²) in [5.41, 5.74) is 8.50. The maximum absolute atomic E-state index is 9.00. The van der Waals surface area contributed by atoms with Gasteiger partial charge in [0.25, 0.3) is 0 Å².